The Hall–Kier alpha value is -3.36. The van der Waals surface area contributed by atoms with Gasteiger partial charge in [-0.05, 0) is 70.9 Å². The van der Waals surface area contributed by atoms with E-state index in [0.29, 0.717) is 56.2 Å². The van der Waals surface area contributed by atoms with Crippen LogP contribution in [0.5, 0.6) is 0 Å². The van der Waals surface area contributed by atoms with E-state index in [1.807, 2.05) is 48.6 Å². The third-order valence-electron chi connectivity index (χ3n) is 6.77. The van der Waals surface area contributed by atoms with Gasteiger partial charge < -0.3 is 24.0 Å². The van der Waals surface area contributed by atoms with Gasteiger partial charge in [0.15, 0.2) is 5.78 Å². The molecular weight excluding hydrogens is 463 g/mol. The maximum atomic E-state index is 14.6. The molecule has 0 saturated carbocycles. The first kappa shape index (κ1) is 25.7. The Bertz CT molecular complexity index is 1120. The second kappa shape index (κ2) is 10.3. The minimum absolute atomic E-state index is 0.0402. The van der Waals surface area contributed by atoms with Crippen molar-refractivity contribution in [3.63, 3.8) is 0 Å². The van der Waals surface area contributed by atoms with Crippen LogP contribution >= 0.6 is 0 Å². The molecule has 0 bridgehead atoms. The van der Waals surface area contributed by atoms with Crippen molar-refractivity contribution in [3.8, 4) is 0 Å². The van der Waals surface area contributed by atoms with Crippen LogP contribution in [-0.2, 0) is 4.74 Å². The summed E-state index contributed by atoms with van der Waals surface area (Å²) in [7, 11) is 0. The number of carbonyl (C=O) groups excluding carboxylic acids is 3. The molecule has 1 aromatic heterocycles. The number of piperazine rings is 1. The van der Waals surface area contributed by atoms with Gasteiger partial charge in [-0.15, -0.1) is 0 Å². The number of Topliss-reactive ketones (excluding diaryl/α,β-unsaturated/α-hetero) is 1. The fourth-order valence-electron chi connectivity index (χ4n) is 4.84. The second-order valence-electron chi connectivity index (χ2n) is 10.5. The van der Waals surface area contributed by atoms with Crippen LogP contribution in [-0.4, -0.2) is 77.0 Å². The molecule has 2 fully saturated rings. The van der Waals surface area contributed by atoms with Crippen molar-refractivity contribution < 1.29 is 23.5 Å². The highest BCUT2D eigenvalue weighted by Crippen LogP contribution is 2.27. The summed E-state index contributed by atoms with van der Waals surface area (Å²) in [6, 6.07) is 8.41. The molecule has 194 valence electrons. The molecule has 2 aromatic rings. The molecule has 2 aliphatic heterocycles. The number of benzene rings is 1. The fraction of sp³-hybridized carbons (Fsp3) is 0.519. The van der Waals surface area contributed by atoms with Gasteiger partial charge in [0.05, 0.1) is 5.69 Å². The van der Waals surface area contributed by atoms with Gasteiger partial charge in [-0.3, -0.25) is 9.59 Å². The van der Waals surface area contributed by atoms with E-state index >= 15 is 0 Å². The summed E-state index contributed by atoms with van der Waals surface area (Å²) in [5.41, 5.74) is 0.910. The van der Waals surface area contributed by atoms with E-state index in [4.69, 9.17) is 4.74 Å². The van der Waals surface area contributed by atoms with Gasteiger partial charge in [0.1, 0.15) is 17.1 Å². The number of rotatable bonds is 4. The molecule has 36 heavy (non-hydrogen) atoms. The van der Waals surface area contributed by atoms with Gasteiger partial charge in [-0.1, -0.05) is 0 Å². The summed E-state index contributed by atoms with van der Waals surface area (Å²) in [6.07, 6.45) is 3.13. The van der Waals surface area contributed by atoms with Gasteiger partial charge in [0.2, 0.25) is 0 Å². The Morgan fingerprint density at radius 3 is 2.19 bits per heavy atom. The maximum absolute atomic E-state index is 14.6. The SMILES string of the molecule is CC(=O)c1ccc(N2CCN(C(=O)c3cccn3C3CCN(C(=O)OC(C)(C)C)CC3)CC2)c(F)c1. The molecule has 4 rings (SSSR count). The zero-order valence-electron chi connectivity index (χ0n) is 21.5. The number of nitrogens with zero attached hydrogens (tertiary/aromatic N) is 4. The molecule has 0 unspecified atom stereocenters. The van der Waals surface area contributed by atoms with Crippen LogP contribution < -0.4 is 4.90 Å². The standard InChI is InChI=1S/C27H35FN4O4/c1-19(33)20-7-8-23(22(28)18-20)29-14-16-30(17-15-29)25(34)24-6-5-11-32(24)21-9-12-31(13-10-21)26(35)36-27(2,3)4/h5-8,11,18,21H,9-10,12-17H2,1-4H3. The van der Waals surface area contributed by atoms with Crippen LogP contribution in [0.2, 0.25) is 0 Å². The molecule has 0 radical (unpaired) electrons. The van der Waals surface area contributed by atoms with Gasteiger partial charge >= 0.3 is 6.09 Å². The molecule has 2 aliphatic rings. The van der Waals surface area contributed by atoms with E-state index in [1.54, 1.807) is 21.9 Å². The van der Waals surface area contributed by atoms with Crippen LogP contribution in [0.3, 0.4) is 0 Å². The Morgan fingerprint density at radius 2 is 1.61 bits per heavy atom. The average Bonchev–Trinajstić information content (AvgIpc) is 3.32. The van der Waals surface area contributed by atoms with Crippen molar-refractivity contribution in [1.29, 1.82) is 0 Å². The lowest BCUT2D eigenvalue weighted by molar-refractivity contribution is 0.0186. The molecule has 2 saturated heterocycles. The number of carbonyl (C=O) groups is 3. The van der Waals surface area contributed by atoms with E-state index in [2.05, 4.69) is 0 Å². The molecule has 0 spiro atoms. The third-order valence-corrected chi connectivity index (χ3v) is 6.77. The number of likely N-dealkylation sites (tertiary alicyclic amines) is 1. The lowest BCUT2D eigenvalue weighted by Gasteiger charge is -2.37. The number of halogens is 1. The smallest absolute Gasteiger partial charge is 0.410 e. The highest BCUT2D eigenvalue weighted by atomic mass is 19.1. The van der Waals surface area contributed by atoms with Crippen molar-refractivity contribution in [1.82, 2.24) is 14.4 Å². The Kier molecular flexibility index (Phi) is 7.38. The minimum Gasteiger partial charge on any atom is -0.444 e. The van der Waals surface area contributed by atoms with Crippen molar-refractivity contribution >= 4 is 23.5 Å². The van der Waals surface area contributed by atoms with Gasteiger partial charge in [0, 0.05) is 57.1 Å². The largest absolute Gasteiger partial charge is 0.444 e. The van der Waals surface area contributed by atoms with Crippen LogP contribution in [0.15, 0.2) is 36.5 Å². The topological polar surface area (TPSA) is 75.1 Å². The van der Waals surface area contributed by atoms with Gasteiger partial charge in [-0.25, -0.2) is 9.18 Å². The highest BCUT2D eigenvalue weighted by Gasteiger charge is 2.30. The zero-order chi connectivity index (χ0) is 26.0. The van der Waals surface area contributed by atoms with Gasteiger partial charge in [0.25, 0.3) is 5.91 Å². The average molecular weight is 499 g/mol. The van der Waals surface area contributed by atoms with Crippen LogP contribution in [0.4, 0.5) is 14.9 Å². The number of ether oxygens (including phenoxy) is 1. The molecule has 3 heterocycles. The number of anilines is 1. The zero-order valence-corrected chi connectivity index (χ0v) is 21.5. The number of hydrogen-bond acceptors (Lipinski definition) is 5. The van der Waals surface area contributed by atoms with E-state index in [1.165, 1.54) is 13.0 Å². The lowest BCUT2D eigenvalue weighted by atomic mass is 10.0. The molecule has 0 aliphatic carbocycles. The van der Waals surface area contributed by atoms with E-state index < -0.39 is 11.4 Å². The summed E-state index contributed by atoms with van der Waals surface area (Å²) in [5.74, 6) is -0.634. The molecule has 2 amide bonds. The summed E-state index contributed by atoms with van der Waals surface area (Å²) in [6.45, 7) is 10.1. The first-order valence-electron chi connectivity index (χ1n) is 12.5. The number of piperidine rings is 1. The predicted octanol–water partition coefficient (Wildman–Crippen LogP) is 4.36. The quantitative estimate of drug-likeness (QED) is 0.586. The van der Waals surface area contributed by atoms with Crippen molar-refractivity contribution in [2.45, 2.75) is 52.2 Å². The predicted molar refractivity (Wildman–Crippen MR) is 135 cm³/mol. The summed E-state index contributed by atoms with van der Waals surface area (Å²) in [5, 5.41) is 0. The van der Waals surface area contributed by atoms with Crippen molar-refractivity contribution in [2.24, 2.45) is 0 Å². The number of amides is 2. The van der Waals surface area contributed by atoms with Crippen molar-refractivity contribution in [3.05, 3.63) is 53.6 Å². The summed E-state index contributed by atoms with van der Waals surface area (Å²) >= 11 is 0. The molecule has 1 aromatic carbocycles. The lowest BCUT2D eigenvalue weighted by Crippen LogP contribution is -2.49. The molecule has 0 atom stereocenters. The highest BCUT2D eigenvalue weighted by molar-refractivity contribution is 5.94. The monoisotopic (exact) mass is 498 g/mol. The minimum atomic E-state index is -0.526. The molecule has 0 N–H and O–H groups in total. The van der Waals surface area contributed by atoms with E-state index in [-0.39, 0.29) is 23.8 Å². The van der Waals surface area contributed by atoms with Crippen LogP contribution in [0.1, 0.15) is 67.4 Å². The normalized spacial score (nSPS) is 17.3. The third kappa shape index (κ3) is 5.71. The molecule has 8 nitrogen and oxygen atoms in total. The summed E-state index contributed by atoms with van der Waals surface area (Å²) in [4.78, 5) is 42.7. The maximum Gasteiger partial charge on any atom is 0.410 e. The Labute approximate surface area is 211 Å². The fourth-order valence-corrected chi connectivity index (χ4v) is 4.84. The van der Waals surface area contributed by atoms with E-state index in [9.17, 15) is 18.8 Å². The summed E-state index contributed by atoms with van der Waals surface area (Å²) < 4.78 is 22.1. The van der Waals surface area contributed by atoms with E-state index in [0.717, 1.165) is 12.8 Å². The number of ketones is 1. The molecular formula is C27H35FN4O4. The first-order chi connectivity index (χ1) is 17.0. The van der Waals surface area contributed by atoms with Gasteiger partial charge in [-0.2, -0.15) is 0 Å². The number of hydrogen-bond donors (Lipinski definition) is 0. The number of aromatic nitrogens is 1. The Morgan fingerprint density at radius 1 is 0.944 bits per heavy atom. The Balaban J connectivity index is 1.35. The first-order valence-corrected chi connectivity index (χ1v) is 12.5. The second-order valence-corrected chi connectivity index (χ2v) is 10.5. The van der Waals surface area contributed by atoms with Crippen LogP contribution in [0, 0.1) is 5.82 Å². The molecule has 9 heteroatoms. The van der Waals surface area contributed by atoms with Crippen molar-refractivity contribution in [2.75, 3.05) is 44.2 Å². The van der Waals surface area contributed by atoms with Crippen LogP contribution in [0.25, 0.3) is 0 Å².